The maximum Gasteiger partial charge on any atom is 0.251 e. The molecular weight excluding hydrogens is 280 g/mol. The molecule has 2 unspecified atom stereocenters. The van der Waals surface area contributed by atoms with Gasteiger partial charge in [-0.2, -0.15) is 0 Å². The van der Waals surface area contributed by atoms with Crippen LogP contribution in [0.25, 0.3) is 0 Å². The first kappa shape index (κ1) is 15.4. The van der Waals surface area contributed by atoms with Crippen LogP contribution in [0.5, 0.6) is 0 Å². The number of carbonyl (C=O) groups is 2. The van der Waals surface area contributed by atoms with Gasteiger partial charge in [-0.25, -0.2) is 8.78 Å². The zero-order chi connectivity index (χ0) is 15.6. The molecule has 7 heteroatoms. The maximum atomic E-state index is 13.7. The van der Waals surface area contributed by atoms with E-state index in [2.05, 4.69) is 5.32 Å². The van der Waals surface area contributed by atoms with Gasteiger partial charge in [0, 0.05) is 18.0 Å². The lowest BCUT2D eigenvalue weighted by atomic mass is 9.85. The third-order valence-electron chi connectivity index (χ3n) is 3.67. The molecule has 0 aromatic heterocycles. The predicted molar refractivity (Wildman–Crippen MR) is 73.4 cm³/mol. The highest BCUT2D eigenvalue weighted by atomic mass is 19.1. The number of amides is 2. The van der Waals surface area contributed by atoms with E-state index < -0.39 is 23.1 Å². The third-order valence-corrected chi connectivity index (χ3v) is 3.67. The number of anilines is 1. The summed E-state index contributed by atoms with van der Waals surface area (Å²) in [6.07, 6.45) is 2.89. The van der Waals surface area contributed by atoms with E-state index in [1.54, 1.807) is 0 Å². The minimum Gasteiger partial charge on any atom is -0.366 e. The summed E-state index contributed by atoms with van der Waals surface area (Å²) in [6, 6.07) is 1.39. The summed E-state index contributed by atoms with van der Waals surface area (Å²) in [5, 5.41) is 2.38. The topological polar surface area (TPSA) is 98.2 Å². The minimum absolute atomic E-state index is 0.0475. The summed E-state index contributed by atoms with van der Waals surface area (Å²) in [5.41, 5.74) is 10.1. The Labute approximate surface area is 120 Å². The van der Waals surface area contributed by atoms with Crippen molar-refractivity contribution < 1.29 is 18.4 Å². The van der Waals surface area contributed by atoms with Crippen LogP contribution >= 0.6 is 0 Å². The molecule has 1 aliphatic rings. The van der Waals surface area contributed by atoms with Gasteiger partial charge in [0.25, 0.3) is 5.91 Å². The van der Waals surface area contributed by atoms with Crippen LogP contribution in [0.15, 0.2) is 12.1 Å². The third kappa shape index (κ3) is 3.55. The Balaban J connectivity index is 2.17. The lowest BCUT2D eigenvalue weighted by molar-refractivity contribution is -0.120. The molecule has 0 heterocycles. The molecule has 5 nitrogen and oxygen atoms in total. The van der Waals surface area contributed by atoms with Gasteiger partial charge < -0.3 is 16.8 Å². The Bertz CT molecular complexity index is 578. The van der Waals surface area contributed by atoms with Crippen LogP contribution in [0.1, 0.15) is 36.0 Å². The highest BCUT2D eigenvalue weighted by molar-refractivity contribution is 5.97. The van der Waals surface area contributed by atoms with Crippen molar-refractivity contribution in [3.63, 3.8) is 0 Å². The molecule has 1 aromatic rings. The van der Waals surface area contributed by atoms with Crippen LogP contribution < -0.4 is 16.8 Å². The molecule has 114 valence electrons. The normalized spacial score (nSPS) is 21.9. The van der Waals surface area contributed by atoms with Crippen molar-refractivity contribution in [3.8, 4) is 0 Å². The molecule has 0 saturated heterocycles. The number of nitrogens with two attached hydrogens (primary N) is 2. The van der Waals surface area contributed by atoms with Gasteiger partial charge >= 0.3 is 0 Å². The van der Waals surface area contributed by atoms with Crippen molar-refractivity contribution in [1.29, 1.82) is 0 Å². The number of benzene rings is 1. The highest BCUT2D eigenvalue weighted by Crippen LogP contribution is 2.26. The zero-order valence-electron chi connectivity index (χ0n) is 11.4. The van der Waals surface area contributed by atoms with Gasteiger partial charge in [-0.1, -0.05) is 6.42 Å². The van der Waals surface area contributed by atoms with Crippen LogP contribution in [0.3, 0.4) is 0 Å². The maximum absolute atomic E-state index is 13.7. The summed E-state index contributed by atoms with van der Waals surface area (Å²) in [7, 11) is 0. The molecular formula is C14H17F2N3O2. The standard InChI is InChI=1S/C14H17F2N3O2/c15-10-6-11(16)12(5-9(10)13(18)20)19-14(21)7-2-1-3-8(17)4-7/h5-8H,1-4,17H2,(H2,18,20)(H,19,21). The largest absolute Gasteiger partial charge is 0.366 e. The van der Waals surface area contributed by atoms with E-state index in [4.69, 9.17) is 11.5 Å². The summed E-state index contributed by atoms with van der Waals surface area (Å²) >= 11 is 0. The number of primary amides is 1. The molecule has 2 atom stereocenters. The van der Waals surface area contributed by atoms with Gasteiger partial charge in [-0.15, -0.1) is 0 Å². The van der Waals surface area contributed by atoms with Crippen molar-refractivity contribution >= 4 is 17.5 Å². The van der Waals surface area contributed by atoms with Crippen LogP contribution in [-0.2, 0) is 4.79 Å². The van der Waals surface area contributed by atoms with Crippen LogP contribution in [-0.4, -0.2) is 17.9 Å². The van der Waals surface area contributed by atoms with Gasteiger partial charge in [-0.05, 0) is 25.3 Å². The van der Waals surface area contributed by atoms with Gasteiger partial charge in [-0.3, -0.25) is 9.59 Å². The molecule has 0 aliphatic heterocycles. The predicted octanol–water partition coefficient (Wildman–Crippen LogP) is 1.52. The van der Waals surface area contributed by atoms with E-state index in [1.807, 2.05) is 0 Å². The van der Waals surface area contributed by atoms with Crippen molar-refractivity contribution in [2.45, 2.75) is 31.7 Å². The van der Waals surface area contributed by atoms with Crippen molar-refractivity contribution in [1.82, 2.24) is 0 Å². The second-order valence-electron chi connectivity index (χ2n) is 5.29. The molecule has 1 aliphatic carbocycles. The van der Waals surface area contributed by atoms with Crippen molar-refractivity contribution in [3.05, 3.63) is 29.3 Å². The number of hydrogen-bond acceptors (Lipinski definition) is 3. The van der Waals surface area contributed by atoms with E-state index in [1.165, 1.54) is 0 Å². The van der Waals surface area contributed by atoms with E-state index in [0.29, 0.717) is 18.9 Å². The second kappa shape index (κ2) is 6.17. The van der Waals surface area contributed by atoms with Crippen LogP contribution in [0.2, 0.25) is 0 Å². The fourth-order valence-electron chi connectivity index (χ4n) is 2.53. The average molecular weight is 297 g/mol. The van der Waals surface area contributed by atoms with Crippen molar-refractivity contribution in [2.24, 2.45) is 17.4 Å². The fourth-order valence-corrected chi connectivity index (χ4v) is 2.53. The summed E-state index contributed by atoms with van der Waals surface area (Å²) in [6.45, 7) is 0. The quantitative estimate of drug-likeness (QED) is 0.788. The molecule has 0 radical (unpaired) electrons. The average Bonchev–Trinajstić information content (AvgIpc) is 2.41. The second-order valence-corrected chi connectivity index (χ2v) is 5.29. The number of nitrogens with one attached hydrogen (secondary N) is 1. The Kier molecular flexibility index (Phi) is 4.52. The van der Waals surface area contributed by atoms with Gasteiger partial charge in [0.15, 0.2) is 0 Å². The summed E-state index contributed by atoms with van der Waals surface area (Å²) in [5.74, 6) is -3.73. The number of hydrogen-bond donors (Lipinski definition) is 3. The first-order valence-corrected chi connectivity index (χ1v) is 6.73. The molecule has 0 bridgehead atoms. The Morgan fingerprint density at radius 1 is 1.19 bits per heavy atom. The molecule has 0 spiro atoms. The lowest BCUT2D eigenvalue weighted by Crippen LogP contribution is -2.34. The molecule has 1 saturated carbocycles. The number of carbonyl (C=O) groups excluding carboxylic acids is 2. The van der Waals surface area contributed by atoms with Gasteiger partial charge in [0.05, 0.1) is 11.3 Å². The highest BCUT2D eigenvalue weighted by Gasteiger charge is 2.26. The van der Waals surface area contributed by atoms with Crippen molar-refractivity contribution in [2.75, 3.05) is 5.32 Å². The minimum atomic E-state index is -1.06. The van der Waals surface area contributed by atoms with Crippen LogP contribution in [0.4, 0.5) is 14.5 Å². The Hall–Kier alpha value is -2.02. The number of halogens is 2. The Morgan fingerprint density at radius 2 is 1.90 bits per heavy atom. The molecule has 2 amide bonds. The lowest BCUT2D eigenvalue weighted by Gasteiger charge is -2.25. The fraction of sp³-hybridized carbons (Fsp3) is 0.429. The zero-order valence-corrected chi connectivity index (χ0v) is 11.4. The van der Waals surface area contributed by atoms with E-state index in [0.717, 1.165) is 18.9 Å². The summed E-state index contributed by atoms with van der Waals surface area (Å²) < 4.78 is 27.0. The van der Waals surface area contributed by atoms with E-state index in [-0.39, 0.29) is 23.6 Å². The number of rotatable bonds is 3. The van der Waals surface area contributed by atoms with Gasteiger partial charge in [0.1, 0.15) is 11.6 Å². The Morgan fingerprint density at radius 3 is 2.52 bits per heavy atom. The molecule has 1 aromatic carbocycles. The molecule has 1 fully saturated rings. The van der Waals surface area contributed by atoms with E-state index >= 15 is 0 Å². The SMILES string of the molecule is NC(=O)c1cc(NC(=O)C2CCCC(N)C2)c(F)cc1F. The molecule has 2 rings (SSSR count). The van der Waals surface area contributed by atoms with Crippen LogP contribution in [0, 0.1) is 17.6 Å². The molecule has 21 heavy (non-hydrogen) atoms. The van der Waals surface area contributed by atoms with E-state index in [9.17, 15) is 18.4 Å². The first-order valence-electron chi connectivity index (χ1n) is 6.73. The molecule has 5 N–H and O–H groups in total. The smallest absolute Gasteiger partial charge is 0.251 e. The van der Waals surface area contributed by atoms with Gasteiger partial charge in [0.2, 0.25) is 5.91 Å². The first-order chi connectivity index (χ1) is 9.88. The summed E-state index contributed by atoms with van der Waals surface area (Å²) in [4.78, 5) is 23.1. The monoisotopic (exact) mass is 297 g/mol.